The molecule has 82 valence electrons. The number of methoxy groups -OCH3 is 1. The number of carbonyl (C=O) groups excluding carboxylic acids is 1. The molecule has 0 radical (unpaired) electrons. The fraction of sp³-hybridized carbons (Fsp3) is 0.727. The summed E-state index contributed by atoms with van der Waals surface area (Å²) >= 11 is 0. The lowest BCUT2D eigenvalue weighted by molar-refractivity contribution is -0.140. The molecule has 0 heterocycles. The van der Waals surface area contributed by atoms with Gasteiger partial charge >= 0.3 is 5.97 Å². The third-order valence-corrected chi connectivity index (χ3v) is 1.96. The molecular weight excluding hydrogens is 180 g/mol. The number of rotatable bonds is 7. The predicted molar refractivity (Wildman–Crippen MR) is 55.9 cm³/mol. The minimum absolute atomic E-state index is 0.207. The second-order valence-corrected chi connectivity index (χ2v) is 3.24. The molecule has 0 aromatic rings. The summed E-state index contributed by atoms with van der Waals surface area (Å²) in [7, 11) is 1.38. The lowest BCUT2D eigenvalue weighted by Crippen LogP contribution is -2.07. The van der Waals surface area contributed by atoms with Gasteiger partial charge in [-0.05, 0) is 25.7 Å². The fourth-order valence-electron chi connectivity index (χ4n) is 1.12. The van der Waals surface area contributed by atoms with Gasteiger partial charge in [-0.2, -0.15) is 0 Å². The van der Waals surface area contributed by atoms with Crippen LogP contribution in [0.25, 0.3) is 0 Å². The van der Waals surface area contributed by atoms with E-state index in [0.717, 1.165) is 6.42 Å². The highest BCUT2D eigenvalue weighted by Crippen LogP contribution is 2.06. The summed E-state index contributed by atoms with van der Waals surface area (Å²) in [6.07, 6.45) is 7.08. The van der Waals surface area contributed by atoms with Gasteiger partial charge in [0.1, 0.15) is 0 Å². The smallest absolute Gasteiger partial charge is 0.305 e. The zero-order chi connectivity index (χ0) is 10.8. The van der Waals surface area contributed by atoms with Crippen LogP contribution in [0.2, 0.25) is 0 Å². The van der Waals surface area contributed by atoms with Crippen molar-refractivity contribution in [2.24, 2.45) is 0 Å². The van der Waals surface area contributed by atoms with Crippen LogP contribution in [-0.2, 0) is 9.53 Å². The van der Waals surface area contributed by atoms with Crippen LogP contribution in [0.5, 0.6) is 0 Å². The molecule has 0 aliphatic rings. The van der Waals surface area contributed by atoms with Crippen LogP contribution < -0.4 is 0 Å². The lowest BCUT2D eigenvalue weighted by Gasteiger charge is -2.06. The molecule has 0 bridgehead atoms. The van der Waals surface area contributed by atoms with Crippen molar-refractivity contribution < 1.29 is 14.6 Å². The van der Waals surface area contributed by atoms with Gasteiger partial charge in [-0.25, -0.2) is 0 Å². The van der Waals surface area contributed by atoms with Crippen LogP contribution in [0, 0.1) is 0 Å². The molecule has 0 amide bonds. The Bertz CT molecular complexity index is 175. The van der Waals surface area contributed by atoms with Gasteiger partial charge in [0.15, 0.2) is 0 Å². The number of allylic oxidation sites excluding steroid dienone is 1. The Morgan fingerprint density at radius 1 is 1.50 bits per heavy atom. The summed E-state index contributed by atoms with van der Waals surface area (Å²) in [6, 6.07) is 0. The molecule has 14 heavy (non-hydrogen) atoms. The van der Waals surface area contributed by atoms with E-state index in [1.54, 1.807) is 0 Å². The maximum Gasteiger partial charge on any atom is 0.305 e. The van der Waals surface area contributed by atoms with Gasteiger partial charge < -0.3 is 9.84 Å². The van der Waals surface area contributed by atoms with E-state index >= 15 is 0 Å². The van der Waals surface area contributed by atoms with Gasteiger partial charge in [0.25, 0.3) is 0 Å². The molecule has 0 saturated heterocycles. The quantitative estimate of drug-likeness (QED) is 0.505. The molecule has 0 aliphatic carbocycles. The van der Waals surface area contributed by atoms with Gasteiger partial charge in [-0.15, -0.1) is 0 Å². The van der Waals surface area contributed by atoms with Gasteiger partial charge in [0, 0.05) is 6.42 Å². The van der Waals surface area contributed by atoms with E-state index in [9.17, 15) is 9.90 Å². The Hall–Kier alpha value is -0.830. The first-order chi connectivity index (χ1) is 6.70. The minimum atomic E-state index is -0.331. The molecule has 0 rings (SSSR count). The van der Waals surface area contributed by atoms with Crippen molar-refractivity contribution in [3.8, 4) is 0 Å². The summed E-state index contributed by atoms with van der Waals surface area (Å²) in [4.78, 5) is 10.7. The van der Waals surface area contributed by atoms with Crippen molar-refractivity contribution in [2.75, 3.05) is 7.11 Å². The predicted octanol–water partition coefficient (Wildman–Crippen LogP) is 2.05. The summed E-state index contributed by atoms with van der Waals surface area (Å²) < 4.78 is 4.50. The van der Waals surface area contributed by atoms with E-state index in [0.29, 0.717) is 25.7 Å². The van der Waals surface area contributed by atoms with Gasteiger partial charge in [-0.3, -0.25) is 4.79 Å². The lowest BCUT2D eigenvalue weighted by atomic mass is 10.1. The Morgan fingerprint density at radius 3 is 2.79 bits per heavy atom. The Balaban J connectivity index is 3.39. The van der Waals surface area contributed by atoms with Crippen molar-refractivity contribution in [2.45, 2.75) is 45.1 Å². The zero-order valence-corrected chi connectivity index (χ0v) is 9.03. The maximum absolute atomic E-state index is 10.7. The highest BCUT2D eigenvalue weighted by Gasteiger charge is 2.04. The molecule has 0 saturated carbocycles. The largest absolute Gasteiger partial charge is 0.469 e. The number of ether oxygens (including phenoxy) is 1. The normalized spacial score (nSPS) is 13.1. The highest BCUT2D eigenvalue weighted by molar-refractivity contribution is 5.68. The van der Waals surface area contributed by atoms with Crippen LogP contribution >= 0.6 is 0 Å². The SMILES string of the molecule is CC/C=C\C[C@H](O)CCCC(=O)OC. The molecule has 1 N–H and O–H groups in total. The molecule has 0 spiro atoms. The van der Waals surface area contributed by atoms with Crippen molar-refractivity contribution >= 4 is 5.97 Å². The number of carbonyl (C=O) groups is 1. The van der Waals surface area contributed by atoms with Crippen molar-refractivity contribution in [3.63, 3.8) is 0 Å². The number of aliphatic hydroxyl groups is 1. The van der Waals surface area contributed by atoms with E-state index in [-0.39, 0.29) is 12.1 Å². The number of esters is 1. The van der Waals surface area contributed by atoms with Gasteiger partial charge in [0.2, 0.25) is 0 Å². The first-order valence-electron chi connectivity index (χ1n) is 5.10. The van der Waals surface area contributed by atoms with Crippen LogP contribution in [0.3, 0.4) is 0 Å². The van der Waals surface area contributed by atoms with E-state index in [1.165, 1.54) is 7.11 Å². The standard InChI is InChI=1S/C11H20O3/c1-3-4-5-7-10(12)8-6-9-11(13)14-2/h4-5,10,12H,3,6-9H2,1-2H3/b5-4-/t10-/m0/s1. The summed E-state index contributed by atoms with van der Waals surface area (Å²) in [5, 5.41) is 9.46. The third-order valence-electron chi connectivity index (χ3n) is 1.96. The molecule has 0 aliphatic heterocycles. The van der Waals surface area contributed by atoms with E-state index in [1.807, 2.05) is 12.2 Å². The summed E-state index contributed by atoms with van der Waals surface area (Å²) in [5.74, 6) is -0.207. The molecule has 3 nitrogen and oxygen atoms in total. The first kappa shape index (κ1) is 13.2. The highest BCUT2D eigenvalue weighted by atomic mass is 16.5. The van der Waals surface area contributed by atoms with Gasteiger partial charge in [-0.1, -0.05) is 19.1 Å². The van der Waals surface area contributed by atoms with Crippen LogP contribution in [-0.4, -0.2) is 24.3 Å². The number of hydrogen-bond acceptors (Lipinski definition) is 3. The summed E-state index contributed by atoms with van der Waals surface area (Å²) in [5.41, 5.74) is 0. The Kier molecular flexibility index (Phi) is 8.24. The number of aliphatic hydroxyl groups excluding tert-OH is 1. The molecule has 0 fully saturated rings. The summed E-state index contributed by atoms with van der Waals surface area (Å²) in [6.45, 7) is 2.06. The van der Waals surface area contributed by atoms with Gasteiger partial charge in [0.05, 0.1) is 13.2 Å². The number of hydrogen-bond donors (Lipinski definition) is 1. The average molecular weight is 200 g/mol. The van der Waals surface area contributed by atoms with E-state index in [2.05, 4.69) is 11.7 Å². The maximum atomic E-state index is 10.7. The first-order valence-corrected chi connectivity index (χ1v) is 5.10. The van der Waals surface area contributed by atoms with Crippen LogP contribution in [0.1, 0.15) is 39.0 Å². The molecule has 3 heteroatoms. The second-order valence-electron chi connectivity index (χ2n) is 3.24. The Morgan fingerprint density at radius 2 is 2.21 bits per heavy atom. The Labute approximate surface area is 85.8 Å². The van der Waals surface area contributed by atoms with Crippen molar-refractivity contribution in [1.29, 1.82) is 0 Å². The van der Waals surface area contributed by atoms with E-state index < -0.39 is 0 Å². The molecule has 0 aromatic carbocycles. The molecule has 0 aromatic heterocycles. The third kappa shape index (κ3) is 7.80. The van der Waals surface area contributed by atoms with Crippen molar-refractivity contribution in [3.05, 3.63) is 12.2 Å². The van der Waals surface area contributed by atoms with E-state index in [4.69, 9.17) is 0 Å². The molecule has 0 unspecified atom stereocenters. The zero-order valence-electron chi connectivity index (χ0n) is 9.03. The molecule has 1 atom stereocenters. The van der Waals surface area contributed by atoms with Crippen molar-refractivity contribution in [1.82, 2.24) is 0 Å². The average Bonchev–Trinajstić information content (AvgIpc) is 2.18. The second kappa shape index (κ2) is 8.75. The minimum Gasteiger partial charge on any atom is -0.469 e. The monoisotopic (exact) mass is 200 g/mol. The van der Waals surface area contributed by atoms with Crippen LogP contribution in [0.4, 0.5) is 0 Å². The fourth-order valence-corrected chi connectivity index (χ4v) is 1.12. The molecular formula is C11H20O3. The van der Waals surface area contributed by atoms with Crippen LogP contribution in [0.15, 0.2) is 12.2 Å². The topological polar surface area (TPSA) is 46.5 Å².